The van der Waals surface area contributed by atoms with Crippen molar-refractivity contribution >= 4 is 15.9 Å². The van der Waals surface area contributed by atoms with Gasteiger partial charge in [0, 0.05) is 19.6 Å². The van der Waals surface area contributed by atoms with Crippen molar-refractivity contribution in [3.05, 3.63) is 0 Å². The Morgan fingerprint density at radius 3 is 2.45 bits per heavy atom. The van der Waals surface area contributed by atoms with E-state index in [4.69, 9.17) is 0 Å². The maximum atomic E-state index is 11.7. The van der Waals surface area contributed by atoms with Crippen LogP contribution in [0.25, 0.3) is 0 Å². The Kier molecular flexibility index (Phi) is 5.26. The van der Waals surface area contributed by atoms with Gasteiger partial charge in [0.2, 0.25) is 0 Å². The largest absolute Gasteiger partial charge is 0.338 e. The summed E-state index contributed by atoms with van der Waals surface area (Å²) < 4.78 is 22.6. The number of carbonyl (C=O) groups is 1. The molecular weight excluding hydrogens is 278 g/mol. The van der Waals surface area contributed by atoms with E-state index in [9.17, 15) is 13.2 Å². The van der Waals surface area contributed by atoms with Crippen LogP contribution in [0, 0.1) is 11.8 Å². The van der Waals surface area contributed by atoms with Crippen molar-refractivity contribution in [2.45, 2.75) is 19.8 Å². The number of hydrogen-bond acceptors (Lipinski definition) is 4. The summed E-state index contributed by atoms with van der Waals surface area (Å²) in [6.45, 7) is 6.54. The molecule has 2 saturated heterocycles. The lowest BCUT2D eigenvalue weighted by Gasteiger charge is -2.15. The standard InChI is InChI=1S/C13H25N3O3S/c1-2-16-5-3-11(9-16)7-14-13(17)15-8-12-4-6-20(18,19)10-12/h11-12H,2-10H2,1H3,(H2,14,15,17)/t11-,12-/m1/s1. The lowest BCUT2D eigenvalue weighted by molar-refractivity contribution is 0.237. The monoisotopic (exact) mass is 303 g/mol. The molecule has 0 saturated carbocycles. The fraction of sp³-hybridized carbons (Fsp3) is 0.923. The van der Waals surface area contributed by atoms with E-state index in [1.165, 1.54) is 0 Å². The molecule has 2 amide bonds. The highest BCUT2D eigenvalue weighted by Crippen LogP contribution is 2.17. The van der Waals surface area contributed by atoms with Crippen molar-refractivity contribution < 1.29 is 13.2 Å². The summed E-state index contributed by atoms with van der Waals surface area (Å²) in [5.74, 6) is 1.08. The average Bonchev–Trinajstić information content (AvgIpc) is 3.00. The molecule has 7 heteroatoms. The quantitative estimate of drug-likeness (QED) is 0.753. The number of rotatable bonds is 5. The summed E-state index contributed by atoms with van der Waals surface area (Å²) >= 11 is 0. The average molecular weight is 303 g/mol. The maximum absolute atomic E-state index is 11.7. The second-order valence-corrected chi connectivity index (χ2v) is 8.14. The van der Waals surface area contributed by atoms with Crippen LogP contribution in [0.2, 0.25) is 0 Å². The van der Waals surface area contributed by atoms with Crippen LogP contribution in [0.3, 0.4) is 0 Å². The number of carbonyl (C=O) groups excluding carboxylic acids is 1. The lowest BCUT2D eigenvalue weighted by atomic mass is 10.1. The third kappa shape index (κ3) is 4.63. The fourth-order valence-electron chi connectivity index (χ4n) is 2.94. The molecule has 2 rings (SSSR count). The van der Waals surface area contributed by atoms with E-state index < -0.39 is 9.84 Å². The summed E-state index contributed by atoms with van der Waals surface area (Å²) in [6, 6.07) is -0.177. The van der Waals surface area contributed by atoms with E-state index in [1.807, 2.05) is 0 Å². The van der Waals surface area contributed by atoms with Crippen LogP contribution >= 0.6 is 0 Å². The van der Waals surface area contributed by atoms with Crippen molar-refractivity contribution in [2.75, 3.05) is 44.2 Å². The van der Waals surface area contributed by atoms with Crippen molar-refractivity contribution in [1.82, 2.24) is 15.5 Å². The van der Waals surface area contributed by atoms with E-state index in [0.29, 0.717) is 25.4 Å². The second kappa shape index (κ2) is 6.76. The number of nitrogens with zero attached hydrogens (tertiary/aromatic N) is 1. The van der Waals surface area contributed by atoms with Gasteiger partial charge in [-0.15, -0.1) is 0 Å². The fourth-order valence-corrected chi connectivity index (χ4v) is 4.80. The van der Waals surface area contributed by atoms with Gasteiger partial charge in [-0.1, -0.05) is 6.92 Å². The van der Waals surface area contributed by atoms with Gasteiger partial charge in [-0.3, -0.25) is 0 Å². The molecular formula is C13H25N3O3S. The zero-order valence-electron chi connectivity index (χ0n) is 12.1. The highest BCUT2D eigenvalue weighted by atomic mass is 32.2. The topological polar surface area (TPSA) is 78.5 Å². The Bertz CT molecular complexity index is 438. The zero-order valence-corrected chi connectivity index (χ0v) is 12.9. The maximum Gasteiger partial charge on any atom is 0.314 e. The molecule has 0 unspecified atom stereocenters. The van der Waals surface area contributed by atoms with Gasteiger partial charge in [-0.25, -0.2) is 13.2 Å². The van der Waals surface area contributed by atoms with Crippen LogP contribution < -0.4 is 10.6 Å². The van der Waals surface area contributed by atoms with Crippen LogP contribution in [0.15, 0.2) is 0 Å². The van der Waals surface area contributed by atoms with Crippen LogP contribution in [-0.4, -0.2) is 63.6 Å². The Morgan fingerprint density at radius 1 is 1.20 bits per heavy atom. The van der Waals surface area contributed by atoms with Crippen LogP contribution in [0.5, 0.6) is 0 Å². The third-order valence-electron chi connectivity index (χ3n) is 4.25. The van der Waals surface area contributed by atoms with Crippen molar-refractivity contribution in [3.8, 4) is 0 Å². The minimum absolute atomic E-state index is 0.0767. The third-order valence-corrected chi connectivity index (χ3v) is 6.08. The predicted molar refractivity (Wildman–Crippen MR) is 78.4 cm³/mol. The Balaban J connectivity index is 1.59. The molecule has 2 aliphatic rings. The van der Waals surface area contributed by atoms with E-state index in [0.717, 1.165) is 26.1 Å². The number of likely N-dealkylation sites (tertiary alicyclic amines) is 1. The molecule has 20 heavy (non-hydrogen) atoms. The summed E-state index contributed by atoms with van der Waals surface area (Å²) in [7, 11) is -2.86. The summed E-state index contributed by atoms with van der Waals surface area (Å²) in [4.78, 5) is 14.1. The Labute approximate surface area is 121 Å². The first-order valence-corrected chi connectivity index (χ1v) is 9.25. The van der Waals surface area contributed by atoms with Crippen LogP contribution in [0.4, 0.5) is 4.79 Å². The predicted octanol–water partition coefficient (Wildman–Crippen LogP) is 0.0621. The van der Waals surface area contributed by atoms with E-state index in [-0.39, 0.29) is 23.5 Å². The minimum Gasteiger partial charge on any atom is -0.338 e. The molecule has 0 aliphatic carbocycles. The highest BCUT2D eigenvalue weighted by molar-refractivity contribution is 7.91. The molecule has 2 heterocycles. The van der Waals surface area contributed by atoms with Gasteiger partial charge in [0.05, 0.1) is 11.5 Å². The summed E-state index contributed by atoms with van der Waals surface area (Å²) in [5.41, 5.74) is 0. The molecule has 0 aromatic heterocycles. The van der Waals surface area contributed by atoms with E-state index in [2.05, 4.69) is 22.5 Å². The van der Waals surface area contributed by atoms with E-state index >= 15 is 0 Å². The summed E-state index contributed by atoms with van der Waals surface area (Å²) in [6.07, 6.45) is 1.80. The molecule has 0 spiro atoms. The highest BCUT2D eigenvalue weighted by Gasteiger charge is 2.28. The first-order valence-electron chi connectivity index (χ1n) is 7.43. The molecule has 2 aliphatic heterocycles. The first-order chi connectivity index (χ1) is 9.48. The number of nitrogens with one attached hydrogen (secondary N) is 2. The molecule has 6 nitrogen and oxygen atoms in total. The van der Waals surface area contributed by atoms with Crippen molar-refractivity contribution in [2.24, 2.45) is 11.8 Å². The number of hydrogen-bond donors (Lipinski definition) is 2. The van der Waals surface area contributed by atoms with Gasteiger partial charge in [-0.05, 0) is 37.8 Å². The van der Waals surface area contributed by atoms with Crippen molar-refractivity contribution in [1.29, 1.82) is 0 Å². The Morgan fingerprint density at radius 2 is 1.90 bits per heavy atom. The minimum atomic E-state index is -2.86. The van der Waals surface area contributed by atoms with Crippen molar-refractivity contribution in [3.63, 3.8) is 0 Å². The zero-order chi connectivity index (χ0) is 14.6. The Hall–Kier alpha value is -0.820. The van der Waals surface area contributed by atoms with Gasteiger partial charge in [0.25, 0.3) is 0 Å². The van der Waals surface area contributed by atoms with Gasteiger partial charge in [0.1, 0.15) is 0 Å². The molecule has 0 aromatic rings. The smallest absolute Gasteiger partial charge is 0.314 e. The first kappa shape index (κ1) is 15.6. The lowest BCUT2D eigenvalue weighted by Crippen LogP contribution is -2.41. The number of urea groups is 1. The second-order valence-electron chi connectivity index (χ2n) is 5.91. The van der Waals surface area contributed by atoms with Gasteiger partial charge < -0.3 is 15.5 Å². The number of amides is 2. The molecule has 0 aromatic carbocycles. The van der Waals surface area contributed by atoms with Gasteiger partial charge >= 0.3 is 6.03 Å². The molecule has 2 atom stereocenters. The molecule has 116 valence electrons. The summed E-state index contributed by atoms with van der Waals surface area (Å²) in [5, 5.41) is 5.67. The molecule has 2 fully saturated rings. The number of sulfone groups is 1. The van der Waals surface area contributed by atoms with Gasteiger partial charge in [0.15, 0.2) is 9.84 Å². The SMILES string of the molecule is CCN1CC[C@H](CNC(=O)NC[C@H]2CCS(=O)(=O)C2)C1. The molecule has 0 radical (unpaired) electrons. The normalized spacial score (nSPS) is 29.4. The van der Waals surface area contributed by atoms with E-state index in [1.54, 1.807) is 0 Å². The molecule has 2 N–H and O–H groups in total. The van der Waals surface area contributed by atoms with Crippen LogP contribution in [-0.2, 0) is 9.84 Å². The van der Waals surface area contributed by atoms with Crippen LogP contribution in [0.1, 0.15) is 19.8 Å². The molecule has 0 bridgehead atoms. The van der Waals surface area contributed by atoms with Gasteiger partial charge in [-0.2, -0.15) is 0 Å².